The van der Waals surface area contributed by atoms with Crippen LogP contribution in [0.3, 0.4) is 0 Å². The van der Waals surface area contributed by atoms with Crippen molar-refractivity contribution in [3.05, 3.63) is 34.6 Å². The number of carboxylic acids is 1. The molecule has 1 aromatic rings. The highest BCUT2D eigenvalue weighted by atomic mass is 35.5. The maximum Gasteiger partial charge on any atom is 0.308 e. The van der Waals surface area contributed by atoms with Crippen LogP contribution in [-0.2, 0) is 15.0 Å². The average Bonchev–Trinajstić information content (AvgIpc) is 2.79. The lowest BCUT2D eigenvalue weighted by molar-refractivity contribution is -0.142. The van der Waals surface area contributed by atoms with Crippen LogP contribution in [0.1, 0.15) is 26.3 Å². The molecular formula is C16H19ClFNO3. The number of benzene rings is 1. The number of carbonyl (C=O) groups excluding carboxylic acids is 1. The number of hydrogen-bond acceptors (Lipinski definition) is 2. The van der Waals surface area contributed by atoms with Crippen LogP contribution in [0.5, 0.6) is 0 Å². The maximum absolute atomic E-state index is 14.1. The fourth-order valence-electron chi connectivity index (χ4n) is 2.96. The lowest BCUT2D eigenvalue weighted by Crippen LogP contribution is -2.43. The summed E-state index contributed by atoms with van der Waals surface area (Å²) in [6.45, 7) is 5.62. The highest BCUT2D eigenvalue weighted by molar-refractivity contribution is 6.30. The standard InChI is InChI=1S/C16H19ClFNO3/c1-9-7-19(8-11(9)14(20)21)15(22)16(2,3)12-5-4-10(17)6-13(12)18/h4-6,9,11H,7-8H2,1-3H3,(H,20,21)/t9-,11-/m1/s1. The van der Waals surface area contributed by atoms with Crippen molar-refractivity contribution in [3.63, 3.8) is 0 Å². The molecule has 1 aliphatic rings. The molecule has 0 bridgehead atoms. The van der Waals surface area contributed by atoms with Crippen molar-refractivity contribution in [3.8, 4) is 0 Å². The minimum atomic E-state index is -1.08. The van der Waals surface area contributed by atoms with Gasteiger partial charge < -0.3 is 10.0 Å². The largest absolute Gasteiger partial charge is 0.481 e. The normalized spacial score (nSPS) is 22.0. The minimum Gasteiger partial charge on any atom is -0.481 e. The van der Waals surface area contributed by atoms with E-state index in [1.165, 1.54) is 17.0 Å². The number of carboxylic acid groups (broad SMARTS) is 1. The molecule has 22 heavy (non-hydrogen) atoms. The number of halogens is 2. The predicted molar refractivity (Wildman–Crippen MR) is 81.3 cm³/mol. The summed E-state index contributed by atoms with van der Waals surface area (Å²) in [5, 5.41) is 9.43. The van der Waals surface area contributed by atoms with Crippen molar-refractivity contribution in [1.29, 1.82) is 0 Å². The maximum atomic E-state index is 14.1. The molecule has 0 saturated carbocycles. The second-order valence-corrected chi connectivity index (χ2v) is 6.82. The fourth-order valence-corrected chi connectivity index (χ4v) is 3.12. The molecule has 1 saturated heterocycles. The Morgan fingerprint density at radius 3 is 2.50 bits per heavy atom. The lowest BCUT2D eigenvalue weighted by atomic mass is 9.83. The Labute approximate surface area is 133 Å². The van der Waals surface area contributed by atoms with Crippen molar-refractivity contribution in [2.24, 2.45) is 11.8 Å². The number of rotatable bonds is 3. The fraction of sp³-hybridized carbons (Fsp3) is 0.500. The van der Waals surface area contributed by atoms with E-state index < -0.39 is 23.1 Å². The van der Waals surface area contributed by atoms with Crippen LogP contribution in [-0.4, -0.2) is 35.0 Å². The van der Waals surface area contributed by atoms with Crippen LogP contribution in [0.2, 0.25) is 5.02 Å². The van der Waals surface area contributed by atoms with Crippen LogP contribution in [0.4, 0.5) is 4.39 Å². The van der Waals surface area contributed by atoms with Gasteiger partial charge >= 0.3 is 5.97 Å². The summed E-state index contributed by atoms with van der Waals surface area (Å²) in [6, 6.07) is 4.23. The zero-order valence-corrected chi connectivity index (χ0v) is 13.5. The van der Waals surface area contributed by atoms with Crippen LogP contribution in [0.25, 0.3) is 0 Å². The second-order valence-electron chi connectivity index (χ2n) is 6.38. The molecule has 0 radical (unpaired) electrons. The van der Waals surface area contributed by atoms with Gasteiger partial charge in [-0.05, 0) is 31.9 Å². The molecule has 0 aliphatic carbocycles. The molecule has 0 unspecified atom stereocenters. The van der Waals surface area contributed by atoms with Crippen LogP contribution < -0.4 is 0 Å². The number of carbonyl (C=O) groups is 2. The number of hydrogen-bond donors (Lipinski definition) is 1. The third-order valence-corrected chi connectivity index (χ3v) is 4.59. The topological polar surface area (TPSA) is 57.6 Å². The van der Waals surface area contributed by atoms with E-state index in [9.17, 15) is 14.0 Å². The van der Waals surface area contributed by atoms with Crippen molar-refractivity contribution in [2.75, 3.05) is 13.1 Å². The molecule has 4 nitrogen and oxygen atoms in total. The molecule has 1 fully saturated rings. The summed E-state index contributed by atoms with van der Waals surface area (Å²) in [6.07, 6.45) is 0. The SMILES string of the molecule is C[C@@H]1CN(C(=O)C(C)(C)c2ccc(Cl)cc2F)C[C@H]1C(=O)O. The van der Waals surface area contributed by atoms with Gasteiger partial charge in [-0.1, -0.05) is 24.6 Å². The van der Waals surface area contributed by atoms with Gasteiger partial charge in [-0.15, -0.1) is 0 Å². The van der Waals surface area contributed by atoms with Crippen LogP contribution in [0.15, 0.2) is 18.2 Å². The summed E-state index contributed by atoms with van der Waals surface area (Å²) >= 11 is 5.75. The summed E-state index contributed by atoms with van der Waals surface area (Å²) in [7, 11) is 0. The summed E-state index contributed by atoms with van der Waals surface area (Å²) in [4.78, 5) is 25.4. The third-order valence-electron chi connectivity index (χ3n) is 4.36. The summed E-state index contributed by atoms with van der Waals surface area (Å²) in [5.41, 5.74) is -0.824. The number of amides is 1. The van der Waals surface area contributed by atoms with E-state index in [2.05, 4.69) is 0 Å². The van der Waals surface area contributed by atoms with Gasteiger partial charge in [0.1, 0.15) is 5.82 Å². The quantitative estimate of drug-likeness (QED) is 0.928. The molecule has 0 spiro atoms. The van der Waals surface area contributed by atoms with Gasteiger partial charge in [0.2, 0.25) is 5.91 Å². The first-order valence-corrected chi connectivity index (χ1v) is 7.50. The highest BCUT2D eigenvalue weighted by Gasteiger charge is 2.42. The monoisotopic (exact) mass is 327 g/mol. The first-order valence-electron chi connectivity index (χ1n) is 7.12. The Hall–Kier alpha value is -1.62. The van der Waals surface area contributed by atoms with Gasteiger partial charge in [0.05, 0.1) is 11.3 Å². The Morgan fingerprint density at radius 2 is 2.00 bits per heavy atom. The number of nitrogens with zero attached hydrogens (tertiary/aromatic N) is 1. The van der Waals surface area contributed by atoms with Gasteiger partial charge in [-0.2, -0.15) is 0 Å². The Bertz CT molecular complexity index is 617. The van der Waals surface area contributed by atoms with E-state index in [1.807, 2.05) is 6.92 Å². The lowest BCUT2D eigenvalue weighted by Gasteiger charge is -2.30. The molecular weight excluding hydrogens is 309 g/mol. The molecule has 2 rings (SSSR count). The van der Waals surface area contributed by atoms with Crippen molar-refractivity contribution in [1.82, 2.24) is 4.90 Å². The van der Waals surface area contributed by atoms with E-state index >= 15 is 0 Å². The molecule has 6 heteroatoms. The van der Waals surface area contributed by atoms with Gasteiger partial charge in [-0.25, -0.2) is 4.39 Å². The predicted octanol–water partition coefficient (Wildman–Crippen LogP) is 2.94. The van der Waals surface area contributed by atoms with Crippen LogP contribution in [0, 0.1) is 17.7 Å². The molecule has 120 valence electrons. The van der Waals surface area contributed by atoms with E-state index in [0.29, 0.717) is 6.54 Å². The molecule has 2 atom stereocenters. The summed E-state index contributed by atoms with van der Waals surface area (Å²) in [5.74, 6) is -2.40. The van der Waals surface area contributed by atoms with E-state index in [0.717, 1.165) is 0 Å². The number of aliphatic carboxylic acids is 1. The average molecular weight is 328 g/mol. The molecule has 1 aliphatic heterocycles. The smallest absolute Gasteiger partial charge is 0.308 e. The van der Waals surface area contributed by atoms with Gasteiger partial charge in [-0.3, -0.25) is 9.59 Å². The van der Waals surface area contributed by atoms with E-state index in [-0.39, 0.29) is 29.0 Å². The second kappa shape index (κ2) is 5.88. The van der Waals surface area contributed by atoms with Crippen molar-refractivity contribution >= 4 is 23.5 Å². The number of likely N-dealkylation sites (tertiary alicyclic amines) is 1. The molecule has 1 N–H and O–H groups in total. The van der Waals surface area contributed by atoms with Gasteiger partial charge in [0.25, 0.3) is 0 Å². The zero-order valence-electron chi connectivity index (χ0n) is 12.8. The highest BCUT2D eigenvalue weighted by Crippen LogP contribution is 2.33. The molecule has 0 aromatic heterocycles. The Kier molecular flexibility index (Phi) is 4.47. The Balaban J connectivity index is 2.26. The van der Waals surface area contributed by atoms with E-state index in [4.69, 9.17) is 16.7 Å². The first kappa shape index (κ1) is 16.7. The molecule has 1 heterocycles. The summed E-state index contributed by atoms with van der Waals surface area (Å²) < 4.78 is 14.1. The van der Waals surface area contributed by atoms with E-state index in [1.54, 1.807) is 19.9 Å². The van der Waals surface area contributed by atoms with Gasteiger partial charge in [0.15, 0.2) is 0 Å². The van der Waals surface area contributed by atoms with Gasteiger partial charge in [0, 0.05) is 23.7 Å². The van der Waals surface area contributed by atoms with Crippen molar-refractivity contribution < 1.29 is 19.1 Å². The third kappa shape index (κ3) is 2.95. The molecule has 1 amide bonds. The first-order chi connectivity index (χ1) is 10.1. The Morgan fingerprint density at radius 1 is 1.36 bits per heavy atom. The molecule has 1 aromatic carbocycles. The minimum absolute atomic E-state index is 0.118. The zero-order chi connectivity index (χ0) is 16.7. The van der Waals surface area contributed by atoms with Crippen molar-refractivity contribution in [2.45, 2.75) is 26.2 Å². The van der Waals surface area contributed by atoms with Crippen LogP contribution >= 0.6 is 11.6 Å².